The molecule has 0 radical (unpaired) electrons. The van der Waals surface area contributed by atoms with Crippen LogP contribution in [0.3, 0.4) is 0 Å². The first-order chi connectivity index (χ1) is 13.7. The minimum absolute atomic E-state index is 0.0500. The Hall–Kier alpha value is -2.88. The molecular formula is C24H25N3O. The smallest absolute Gasteiger partial charge is 0.278 e. The van der Waals surface area contributed by atoms with Crippen molar-refractivity contribution in [3.63, 3.8) is 0 Å². The van der Waals surface area contributed by atoms with E-state index >= 15 is 0 Å². The van der Waals surface area contributed by atoms with Gasteiger partial charge in [0.05, 0.1) is 5.69 Å². The highest BCUT2D eigenvalue weighted by molar-refractivity contribution is 6.07. The van der Waals surface area contributed by atoms with Crippen molar-refractivity contribution in [3.05, 3.63) is 71.0 Å². The molecule has 4 heteroatoms. The highest BCUT2D eigenvalue weighted by atomic mass is 16.2. The van der Waals surface area contributed by atoms with Gasteiger partial charge in [0.1, 0.15) is 5.82 Å². The summed E-state index contributed by atoms with van der Waals surface area (Å²) < 4.78 is 2.30. The molecule has 2 aromatic carbocycles. The predicted octanol–water partition coefficient (Wildman–Crippen LogP) is 4.79. The van der Waals surface area contributed by atoms with E-state index < -0.39 is 0 Å². The van der Waals surface area contributed by atoms with Crippen molar-refractivity contribution in [2.24, 2.45) is 0 Å². The van der Waals surface area contributed by atoms with Crippen LogP contribution in [0, 0.1) is 6.92 Å². The van der Waals surface area contributed by atoms with Gasteiger partial charge in [-0.15, -0.1) is 0 Å². The van der Waals surface area contributed by atoms with Crippen LogP contribution in [0.5, 0.6) is 0 Å². The summed E-state index contributed by atoms with van der Waals surface area (Å²) in [6.07, 6.45) is 5.31. The molecule has 2 aliphatic heterocycles. The maximum atomic E-state index is 13.5. The number of carbonyl (C=O) groups excluding carboxylic acids is 1. The molecule has 4 nitrogen and oxygen atoms in total. The number of hydrogen-bond acceptors (Lipinski definition) is 2. The molecule has 28 heavy (non-hydrogen) atoms. The number of aromatic nitrogens is 2. The summed E-state index contributed by atoms with van der Waals surface area (Å²) in [6.45, 7) is 3.77. The van der Waals surface area contributed by atoms with Gasteiger partial charge in [-0.1, -0.05) is 54.4 Å². The lowest BCUT2D eigenvalue weighted by Crippen LogP contribution is -2.30. The normalized spacial score (nSPS) is 15.8. The molecule has 2 aliphatic rings. The van der Waals surface area contributed by atoms with Crippen LogP contribution in [0.2, 0.25) is 0 Å². The second kappa shape index (κ2) is 6.93. The van der Waals surface area contributed by atoms with Gasteiger partial charge < -0.3 is 9.47 Å². The molecule has 0 fully saturated rings. The van der Waals surface area contributed by atoms with Crippen LogP contribution >= 0.6 is 0 Å². The molecule has 0 aliphatic carbocycles. The van der Waals surface area contributed by atoms with Crippen LogP contribution in [-0.2, 0) is 19.4 Å². The number of carbonyl (C=O) groups is 1. The van der Waals surface area contributed by atoms with Crippen LogP contribution in [-0.4, -0.2) is 22.0 Å². The number of anilines is 1. The second-order valence-electron chi connectivity index (χ2n) is 7.89. The molecule has 3 aromatic rings. The van der Waals surface area contributed by atoms with Gasteiger partial charge in [-0.3, -0.25) is 4.79 Å². The predicted molar refractivity (Wildman–Crippen MR) is 112 cm³/mol. The van der Waals surface area contributed by atoms with Gasteiger partial charge in [-0.05, 0) is 44.2 Å². The van der Waals surface area contributed by atoms with Crippen molar-refractivity contribution in [2.75, 3.05) is 11.4 Å². The average Bonchev–Trinajstić information content (AvgIpc) is 3.22. The maximum Gasteiger partial charge on any atom is 0.278 e. The van der Waals surface area contributed by atoms with Crippen LogP contribution in [0.1, 0.15) is 46.6 Å². The van der Waals surface area contributed by atoms with E-state index in [1.54, 1.807) is 0 Å². The van der Waals surface area contributed by atoms with E-state index in [4.69, 9.17) is 4.98 Å². The van der Waals surface area contributed by atoms with Crippen LogP contribution in [0.25, 0.3) is 11.4 Å². The van der Waals surface area contributed by atoms with Crippen molar-refractivity contribution in [1.29, 1.82) is 0 Å². The fourth-order valence-corrected chi connectivity index (χ4v) is 4.49. The Kier molecular flexibility index (Phi) is 4.27. The van der Waals surface area contributed by atoms with Gasteiger partial charge in [-0.25, -0.2) is 4.98 Å². The van der Waals surface area contributed by atoms with Gasteiger partial charge in [0.15, 0.2) is 5.69 Å². The SMILES string of the molecule is Cc1ccc(-c2nc(C(=O)N3CCc4ccccc43)c3n2CCCCC3)cc1. The number of fused-ring (bicyclic) bond motifs is 2. The first-order valence-corrected chi connectivity index (χ1v) is 10.3. The first kappa shape index (κ1) is 17.2. The highest BCUT2D eigenvalue weighted by Crippen LogP contribution is 2.32. The average molecular weight is 371 g/mol. The maximum absolute atomic E-state index is 13.5. The number of benzene rings is 2. The van der Waals surface area contributed by atoms with Gasteiger partial charge in [-0.2, -0.15) is 0 Å². The third kappa shape index (κ3) is 2.84. The van der Waals surface area contributed by atoms with Gasteiger partial charge in [0.25, 0.3) is 5.91 Å². The Morgan fingerprint density at radius 1 is 0.929 bits per heavy atom. The van der Waals surface area contributed by atoms with Gasteiger partial charge in [0, 0.05) is 24.3 Å². The molecule has 0 atom stereocenters. The molecule has 5 rings (SSSR count). The molecule has 3 heterocycles. The summed E-state index contributed by atoms with van der Waals surface area (Å²) >= 11 is 0. The van der Waals surface area contributed by atoms with E-state index in [9.17, 15) is 4.79 Å². The summed E-state index contributed by atoms with van der Waals surface area (Å²) in [4.78, 5) is 20.4. The molecule has 0 N–H and O–H groups in total. The number of imidazole rings is 1. The first-order valence-electron chi connectivity index (χ1n) is 10.3. The fourth-order valence-electron chi connectivity index (χ4n) is 4.49. The molecule has 0 bridgehead atoms. The number of amides is 1. The number of para-hydroxylation sites is 1. The van der Waals surface area contributed by atoms with E-state index in [2.05, 4.69) is 47.9 Å². The van der Waals surface area contributed by atoms with E-state index in [0.717, 1.165) is 61.5 Å². The molecule has 142 valence electrons. The van der Waals surface area contributed by atoms with E-state index in [1.165, 1.54) is 17.5 Å². The number of nitrogens with zero attached hydrogens (tertiary/aromatic N) is 3. The third-order valence-electron chi connectivity index (χ3n) is 6.01. The Balaban J connectivity index is 1.60. The fraction of sp³-hybridized carbons (Fsp3) is 0.333. The minimum Gasteiger partial charge on any atom is -0.327 e. The quantitative estimate of drug-likeness (QED) is 0.650. The molecule has 0 saturated carbocycles. The summed E-state index contributed by atoms with van der Waals surface area (Å²) in [5.41, 5.74) is 6.38. The van der Waals surface area contributed by atoms with Gasteiger partial charge >= 0.3 is 0 Å². The van der Waals surface area contributed by atoms with Crippen LogP contribution < -0.4 is 4.90 Å². The molecule has 0 saturated heterocycles. The lowest BCUT2D eigenvalue weighted by Gasteiger charge is -2.17. The van der Waals surface area contributed by atoms with E-state index in [0.29, 0.717) is 5.69 Å². The zero-order valence-electron chi connectivity index (χ0n) is 16.3. The molecule has 0 spiro atoms. The Labute approximate surface area is 165 Å². The second-order valence-corrected chi connectivity index (χ2v) is 7.89. The largest absolute Gasteiger partial charge is 0.327 e. The molecular weight excluding hydrogens is 346 g/mol. The zero-order valence-corrected chi connectivity index (χ0v) is 16.3. The molecule has 0 unspecified atom stereocenters. The summed E-state index contributed by atoms with van der Waals surface area (Å²) in [7, 11) is 0. The highest BCUT2D eigenvalue weighted by Gasteiger charge is 2.31. The van der Waals surface area contributed by atoms with Crippen molar-refractivity contribution < 1.29 is 4.79 Å². The van der Waals surface area contributed by atoms with Crippen LogP contribution in [0.4, 0.5) is 5.69 Å². The van der Waals surface area contributed by atoms with Crippen molar-refractivity contribution in [3.8, 4) is 11.4 Å². The number of rotatable bonds is 2. The van der Waals surface area contributed by atoms with Crippen molar-refractivity contribution in [1.82, 2.24) is 9.55 Å². The lowest BCUT2D eigenvalue weighted by molar-refractivity contribution is 0.0984. The Bertz CT molecular complexity index is 1030. The van der Waals surface area contributed by atoms with Crippen LogP contribution in [0.15, 0.2) is 48.5 Å². The summed E-state index contributed by atoms with van der Waals surface area (Å²) in [5.74, 6) is 0.988. The van der Waals surface area contributed by atoms with Crippen molar-refractivity contribution in [2.45, 2.75) is 45.6 Å². The third-order valence-corrected chi connectivity index (χ3v) is 6.01. The monoisotopic (exact) mass is 371 g/mol. The number of hydrogen-bond donors (Lipinski definition) is 0. The standard InChI is InChI=1S/C24H25N3O/c1-17-10-12-19(13-11-17)23-25-22(21-9-3-2-6-15-26(21)23)24(28)27-16-14-18-7-4-5-8-20(18)27/h4-5,7-8,10-13H,2-3,6,9,14-16H2,1H3. The van der Waals surface area contributed by atoms with Crippen molar-refractivity contribution >= 4 is 11.6 Å². The summed E-state index contributed by atoms with van der Waals surface area (Å²) in [6, 6.07) is 16.7. The summed E-state index contributed by atoms with van der Waals surface area (Å²) in [5, 5.41) is 0. The Morgan fingerprint density at radius 3 is 2.61 bits per heavy atom. The zero-order chi connectivity index (χ0) is 19.1. The topological polar surface area (TPSA) is 38.1 Å². The molecule has 1 amide bonds. The lowest BCUT2D eigenvalue weighted by atomic mass is 10.1. The van der Waals surface area contributed by atoms with Gasteiger partial charge in [0.2, 0.25) is 0 Å². The van der Waals surface area contributed by atoms with E-state index in [1.807, 2.05) is 17.0 Å². The van der Waals surface area contributed by atoms with E-state index in [-0.39, 0.29) is 5.91 Å². The molecule has 1 aromatic heterocycles. The number of aryl methyl sites for hydroxylation is 1. The Morgan fingerprint density at radius 2 is 1.75 bits per heavy atom. The minimum atomic E-state index is 0.0500.